The van der Waals surface area contributed by atoms with Gasteiger partial charge in [0, 0.05) is 0 Å². The maximum Gasteiger partial charge on any atom is 0.416 e. The Labute approximate surface area is 109 Å². The molecule has 0 amide bonds. The lowest BCUT2D eigenvalue weighted by molar-refractivity contribution is -0.148. The number of halogens is 3. The minimum Gasteiger partial charge on any atom is -0.481 e. The van der Waals surface area contributed by atoms with Crippen LogP contribution in [0.4, 0.5) is 13.2 Å². The topological polar surface area (TPSA) is 37.3 Å². The molecule has 104 valence electrons. The summed E-state index contributed by atoms with van der Waals surface area (Å²) in [5.74, 6) is -0.843. The lowest BCUT2D eigenvalue weighted by Crippen LogP contribution is -2.30. The van der Waals surface area contributed by atoms with E-state index in [1.54, 1.807) is 0 Å². The molecule has 1 aliphatic rings. The molecule has 2 rings (SSSR count). The molecule has 1 aliphatic carbocycles. The van der Waals surface area contributed by atoms with Crippen molar-refractivity contribution < 1.29 is 23.1 Å². The van der Waals surface area contributed by atoms with Gasteiger partial charge in [-0.05, 0) is 37.0 Å². The molecule has 2 nitrogen and oxygen atoms in total. The van der Waals surface area contributed by atoms with E-state index >= 15 is 0 Å². The Morgan fingerprint density at radius 1 is 1.16 bits per heavy atom. The first-order chi connectivity index (χ1) is 8.83. The molecule has 0 atom stereocenters. The molecule has 1 aromatic carbocycles. The van der Waals surface area contributed by atoms with Crippen LogP contribution < -0.4 is 0 Å². The van der Waals surface area contributed by atoms with Crippen LogP contribution in [-0.2, 0) is 17.4 Å². The number of carboxylic acid groups (broad SMARTS) is 1. The van der Waals surface area contributed by atoms with E-state index in [2.05, 4.69) is 0 Å². The molecule has 0 aliphatic heterocycles. The molecule has 0 heterocycles. The van der Waals surface area contributed by atoms with Crippen molar-refractivity contribution in [3.63, 3.8) is 0 Å². The zero-order valence-electron chi connectivity index (χ0n) is 10.3. The van der Waals surface area contributed by atoms with Crippen molar-refractivity contribution >= 4 is 5.97 Å². The standard InChI is InChI=1S/C14H15F3O2/c15-14(16,17)11-5-3-10(4-6-11)9-13(12(18)19)7-1-2-8-13/h3-6H,1-2,7-9H2,(H,18,19). The Kier molecular flexibility index (Phi) is 3.56. The van der Waals surface area contributed by atoms with E-state index in [1.165, 1.54) is 12.1 Å². The number of rotatable bonds is 3. The van der Waals surface area contributed by atoms with Crippen LogP contribution in [0.1, 0.15) is 36.8 Å². The first-order valence-corrected chi connectivity index (χ1v) is 6.23. The number of carboxylic acids is 1. The van der Waals surface area contributed by atoms with Crippen molar-refractivity contribution in [2.45, 2.75) is 38.3 Å². The van der Waals surface area contributed by atoms with E-state index in [0.29, 0.717) is 24.8 Å². The van der Waals surface area contributed by atoms with Crippen molar-refractivity contribution in [3.8, 4) is 0 Å². The number of alkyl halides is 3. The quantitative estimate of drug-likeness (QED) is 0.906. The average Bonchev–Trinajstić information content (AvgIpc) is 2.78. The zero-order valence-corrected chi connectivity index (χ0v) is 10.3. The predicted molar refractivity (Wildman–Crippen MR) is 63.7 cm³/mol. The van der Waals surface area contributed by atoms with E-state index in [0.717, 1.165) is 25.0 Å². The number of benzene rings is 1. The summed E-state index contributed by atoms with van der Waals surface area (Å²) in [4.78, 5) is 11.4. The van der Waals surface area contributed by atoms with Gasteiger partial charge < -0.3 is 5.11 Å². The van der Waals surface area contributed by atoms with Crippen LogP contribution in [0.5, 0.6) is 0 Å². The maximum atomic E-state index is 12.4. The van der Waals surface area contributed by atoms with Gasteiger partial charge in [0.25, 0.3) is 0 Å². The van der Waals surface area contributed by atoms with E-state index in [4.69, 9.17) is 0 Å². The van der Waals surface area contributed by atoms with E-state index in [-0.39, 0.29) is 0 Å². The second-order valence-electron chi connectivity index (χ2n) is 5.16. The molecule has 0 bridgehead atoms. The molecular weight excluding hydrogens is 257 g/mol. The van der Waals surface area contributed by atoms with Crippen molar-refractivity contribution in [1.29, 1.82) is 0 Å². The number of carbonyl (C=O) groups is 1. The molecule has 1 aromatic rings. The van der Waals surface area contributed by atoms with Gasteiger partial charge in [-0.15, -0.1) is 0 Å². The Bertz CT molecular complexity index is 457. The molecule has 1 N–H and O–H groups in total. The summed E-state index contributed by atoms with van der Waals surface area (Å²) >= 11 is 0. The number of aliphatic carboxylic acids is 1. The predicted octanol–water partition coefficient (Wildman–Crippen LogP) is 3.89. The van der Waals surface area contributed by atoms with Crippen molar-refractivity contribution in [1.82, 2.24) is 0 Å². The minimum atomic E-state index is -4.35. The Balaban J connectivity index is 2.17. The summed E-state index contributed by atoms with van der Waals surface area (Å²) in [5, 5.41) is 9.33. The lowest BCUT2D eigenvalue weighted by Gasteiger charge is -2.23. The summed E-state index contributed by atoms with van der Waals surface area (Å²) < 4.78 is 37.3. The first kappa shape index (κ1) is 13.9. The molecule has 1 saturated carbocycles. The maximum absolute atomic E-state index is 12.4. The summed E-state index contributed by atoms with van der Waals surface area (Å²) in [6.07, 6.45) is -1.11. The fraction of sp³-hybridized carbons (Fsp3) is 0.500. The summed E-state index contributed by atoms with van der Waals surface area (Å²) in [6.45, 7) is 0. The molecule has 0 unspecified atom stereocenters. The highest BCUT2D eigenvalue weighted by Crippen LogP contribution is 2.41. The Morgan fingerprint density at radius 2 is 1.68 bits per heavy atom. The van der Waals surface area contributed by atoms with Gasteiger partial charge in [0.1, 0.15) is 0 Å². The smallest absolute Gasteiger partial charge is 0.416 e. The normalized spacial score (nSPS) is 18.5. The molecule has 5 heteroatoms. The van der Waals surface area contributed by atoms with Gasteiger partial charge in [-0.1, -0.05) is 25.0 Å². The summed E-state index contributed by atoms with van der Waals surface area (Å²) in [6, 6.07) is 4.79. The van der Waals surface area contributed by atoms with Crippen LogP contribution in [0.3, 0.4) is 0 Å². The van der Waals surface area contributed by atoms with Gasteiger partial charge in [0.05, 0.1) is 11.0 Å². The molecule has 1 fully saturated rings. The van der Waals surface area contributed by atoms with Gasteiger partial charge >= 0.3 is 12.1 Å². The average molecular weight is 272 g/mol. The summed E-state index contributed by atoms with van der Waals surface area (Å²) in [7, 11) is 0. The first-order valence-electron chi connectivity index (χ1n) is 6.23. The van der Waals surface area contributed by atoms with Crippen molar-refractivity contribution in [2.24, 2.45) is 5.41 Å². The second kappa shape index (κ2) is 4.87. The van der Waals surface area contributed by atoms with Crippen LogP contribution in [0, 0.1) is 5.41 Å². The zero-order chi connectivity index (χ0) is 14.1. The highest BCUT2D eigenvalue weighted by atomic mass is 19.4. The third kappa shape index (κ3) is 2.91. The Morgan fingerprint density at radius 3 is 2.11 bits per heavy atom. The van der Waals surface area contributed by atoms with E-state index in [9.17, 15) is 23.1 Å². The monoisotopic (exact) mass is 272 g/mol. The van der Waals surface area contributed by atoms with E-state index in [1.807, 2.05) is 0 Å². The highest BCUT2D eigenvalue weighted by Gasteiger charge is 2.41. The largest absolute Gasteiger partial charge is 0.481 e. The van der Waals surface area contributed by atoms with Gasteiger partial charge in [-0.25, -0.2) is 0 Å². The lowest BCUT2D eigenvalue weighted by atomic mass is 9.80. The van der Waals surface area contributed by atoms with Crippen molar-refractivity contribution in [2.75, 3.05) is 0 Å². The van der Waals surface area contributed by atoms with Gasteiger partial charge in [0.15, 0.2) is 0 Å². The van der Waals surface area contributed by atoms with E-state index < -0.39 is 23.1 Å². The fourth-order valence-corrected chi connectivity index (χ4v) is 2.72. The van der Waals surface area contributed by atoms with Crippen LogP contribution in [0.15, 0.2) is 24.3 Å². The number of hydrogen-bond acceptors (Lipinski definition) is 1. The SMILES string of the molecule is O=C(O)C1(Cc2ccc(C(F)(F)F)cc2)CCCC1. The van der Waals surface area contributed by atoms with Gasteiger partial charge in [-0.3, -0.25) is 4.79 Å². The van der Waals surface area contributed by atoms with Crippen LogP contribution in [0.2, 0.25) is 0 Å². The highest BCUT2D eigenvalue weighted by molar-refractivity contribution is 5.75. The molecular formula is C14H15F3O2. The fourth-order valence-electron chi connectivity index (χ4n) is 2.72. The van der Waals surface area contributed by atoms with Crippen LogP contribution in [-0.4, -0.2) is 11.1 Å². The third-order valence-electron chi connectivity index (χ3n) is 3.84. The molecule has 0 aromatic heterocycles. The van der Waals surface area contributed by atoms with Crippen LogP contribution >= 0.6 is 0 Å². The second-order valence-corrected chi connectivity index (χ2v) is 5.16. The molecule has 0 spiro atoms. The number of hydrogen-bond donors (Lipinski definition) is 1. The summed E-state index contributed by atoms with van der Waals surface area (Å²) in [5.41, 5.74) is -0.843. The molecule has 0 saturated heterocycles. The van der Waals surface area contributed by atoms with Crippen LogP contribution in [0.25, 0.3) is 0 Å². The third-order valence-corrected chi connectivity index (χ3v) is 3.84. The molecule has 0 radical (unpaired) electrons. The van der Waals surface area contributed by atoms with Crippen molar-refractivity contribution in [3.05, 3.63) is 35.4 Å². The van der Waals surface area contributed by atoms with Gasteiger partial charge in [0.2, 0.25) is 0 Å². The minimum absolute atomic E-state index is 0.306. The Hall–Kier alpha value is -1.52. The van der Waals surface area contributed by atoms with Gasteiger partial charge in [-0.2, -0.15) is 13.2 Å². The molecule has 19 heavy (non-hydrogen) atoms.